The Bertz CT molecular complexity index is 1690. The fraction of sp³-hybridized carbons (Fsp3) is 0. The molecule has 0 atom stereocenters. The molecule has 0 bridgehead atoms. The molecule has 0 saturated carbocycles. The third-order valence-electron chi connectivity index (χ3n) is 5.94. The zero-order valence-electron chi connectivity index (χ0n) is 18.7. The Morgan fingerprint density at radius 2 is 1.06 bits per heavy atom. The van der Waals surface area contributed by atoms with Gasteiger partial charge in [-0.15, -0.1) is 29.1 Å². The summed E-state index contributed by atoms with van der Waals surface area (Å²) in [4.78, 5) is 13.4. The van der Waals surface area contributed by atoms with E-state index in [1.807, 2.05) is 60.9 Å². The second-order valence-corrected chi connectivity index (χ2v) is 8.07. The van der Waals surface area contributed by atoms with Gasteiger partial charge in [0, 0.05) is 55.8 Å². The zero-order valence-corrected chi connectivity index (χ0v) is 21.0. The minimum atomic E-state index is 0. The van der Waals surface area contributed by atoms with Crippen molar-refractivity contribution in [2.75, 3.05) is 0 Å². The Balaban J connectivity index is 0.000000142. The minimum absolute atomic E-state index is 0. The number of fused-ring (bicyclic) bond motifs is 6. The van der Waals surface area contributed by atoms with Gasteiger partial charge in [-0.2, -0.15) is 0 Å². The molecule has 3 heterocycles. The van der Waals surface area contributed by atoms with Crippen LogP contribution >= 0.6 is 0 Å². The summed E-state index contributed by atoms with van der Waals surface area (Å²) >= 11 is 0. The second-order valence-electron chi connectivity index (χ2n) is 8.07. The predicted molar refractivity (Wildman–Crippen MR) is 141 cm³/mol. The molecule has 0 aliphatic rings. The van der Waals surface area contributed by atoms with Crippen LogP contribution in [0.2, 0.25) is 0 Å². The Labute approximate surface area is 217 Å². The largest absolute Gasteiger partial charge is 0.305 e. The van der Waals surface area contributed by atoms with Gasteiger partial charge < -0.3 is 4.98 Å². The predicted octanol–water partition coefficient (Wildman–Crippen LogP) is 7.64. The monoisotopic (exact) mass is 629 g/mol. The molecule has 0 saturated heterocycles. The van der Waals surface area contributed by atoms with Crippen LogP contribution in [-0.4, -0.2) is 15.0 Å². The maximum absolute atomic E-state index is 4.52. The normalized spacial score (nSPS) is 10.6. The van der Waals surface area contributed by atoms with E-state index in [4.69, 9.17) is 0 Å². The fourth-order valence-corrected chi connectivity index (χ4v) is 4.29. The maximum atomic E-state index is 4.52. The molecular formula is C31H20N3Pt-. The van der Waals surface area contributed by atoms with E-state index in [-0.39, 0.29) is 21.1 Å². The average molecular weight is 630 g/mol. The molecule has 3 aromatic heterocycles. The van der Waals surface area contributed by atoms with Gasteiger partial charge in [0.2, 0.25) is 0 Å². The van der Waals surface area contributed by atoms with Crippen molar-refractivity contribution >= 4 is 43.4 Å². The number of nitrogens with zero attached hydrogens (tertiary/aromatic N) is 3. The van der Waals surface area contributed by atoms with Gasteiger partial charge in [0.05, 0.1) is 11.0 Å². The molecule has 0 fully saturated rings. The smallest absolute Gasteiger partial charge is 0.0802 e. The van der Waals surface area contributed by atoms with E-state index in [0.29, 0.717) is 0 Å². The number of hydrogen-bond acceptors (Lipinski definition) is 3. The summed E-state index contributed by atoms with van der Waals surface area (Å²) in [7, 11) is 0. The Kier molecular flexibility index (Phi) is 6.61. The summed E-state index contributed by atoms with van der Waals surface area (Å²) in [6, 6.07) is 38.2. The molecule has 0 unspecified atom stereocenters. The van der Waals surface area contributed by atoms with E-state index in [1.54, 1.807) is 6.20 Å². The molecule has 4 heteroatoms. The topological polar surface area (TPSA) is 38.7 Å². The summed E-state index contributed by atoms with van der Waals surface area (Å²) in [5.74, 6) is 0. The SMILES string of the molecule is [Pt].[c-]1cc2ccccc2cc1-c1ccccn1.c1cnc2c(c1)ccc1ccc3cccnc3c12. The van der Waals surface area contributed by atoms with Crippen LogP contribution in [0.5, 0.6) is 0 Å². The molecule has 0 spiro atoms. The Hall–Kier alpha value is -3.94. The van der Waals surface area contributed by atoms with Crippen molar-refractivity contribution in [1.29, 1.82) is 0 Å². The van der Waals surface area contributed by atoms with Crippen LogP contribution in [0.4, 0.5) is 0 Å². The standard InChI is InChI=1S/C16H10N2.C15H10N.Pt/c1-3-12-7-5-11-6-8-13-4-2-10-18-16(13)14(11)15(12)17-9-1;1-2-6-13-11-14(9-8-12(13)5-1)15-7-3-4-10-16-15;/h1-10H;1-8,10-11H;/q;-1;. The van der Waals surface area contributed by atoms with Gasteiger partial charge in [0.1, 0.15) is 0 Å². The van der Waals surface area contributed by atoms with Gasteiger partial charge in [-0.25, -0.2) is 0 Å². The summed E-state index contributed by atoms with van der Waals surface area (Å²) in [6.07, 6.45) is 5.48. The molecule has 170 valence electrons. The van der Waals surface area contributed by atoms with Crippen molar-refractivity contribution in [2.24, 2.45) is 0 Å². The molecule has 3 nitrogen and oxygen atoms in total. The van der Waals surface area contributed by atoms with Crippen molar-refractivity contribution in [3.63, 3.8) is 0 Å². The molecule has 0 radical (unpaired) electrons. The van der Waals surface area contributed by atoms with E-state index >= 15 is 0 Å². The van der Waals surface area contributed by atoms with Crippen LogP contribution < -0.4 is 0 Å². The summed E-state index contributed by atoms with van der Waals surface area (Å²) in [6.45, 7) is 0. The minimum Gasteiger partial charge on any atom is -0.305 e. The summed E-state index contributed by atoms with van der Waals surface area (Å²) < 4.78 is 0. The quantitative estimate of drug-likeness (QED) is 0.139. The van der Waals surface area contributed by atoms with Crippen LogP contribution in [-0.2, 0) is 21.1 Å². The molecule has 7 rings (SSSR count). The first kappa shape index (κ1) is 22.8. The van der Waals surface area contributed by atoms with Crippen LogP contribution in [0.1, 0.15) is 0 Å². The fourth-order valence-electron chi connectivity index (χ4n) is 4.29. The van der Waals surface area contributed by atoms with E-state index in [1.165, 1.54) is 16.2 Å². The van der Waals surface area contributed by atoms with E-state index in [9.17, 15) is 0 Å². The molecule has 4 aromatic carbocycles. The maximum Gasteiger partial charge on any atom is 0.0802 e. The van der Waals surface area contributed by atoms with Crippen molar-refractivity contribution < 1.29 is 21.1 Å². The molecule has 0 aliphatic carbocycles. The second kappa shape index (κ2) is 10.1. The molecule has 0 aliphatic heterocycles. The van der Waals surface area contributed by atoms with Crippen LogP contribution in [0.3, 0.4) is 0 Å². The van der Waals surface area contributed by atoms with Gasteiger partial charge in [-0.3, -0.25) is 9.97 Å². The first-order chi connectivity index (χ1) is 16.9. The van der Waals surface area contributed by atoms with Crippen LogP contribution in [0, 0.1) is 6.07 Å². The molecule has 35 heavy (non-hydrogen) atoms. The van der Waals surface area contributed by atoms with Gasteiger partial charge >= 0.3 is 0 Å². The van der Waals surface area contributed by atoms with Gasteiger partial charge in [0.15, 0.2) is 0 Å². The number of aromatic nitrogens is 3. The molecular weight excluding hydrogens is 609 g/mol. The number of rotatable bonds is 1. The average Bonchev–Trinajstić information content (AvgIpc) is 2.93. The third-order valence-corrected chi connectivity index (χ3v) is 5.94. The van der Waals surface area contributed by atoms with Gasteiger partial charge in [-0.1, -0.05) is 78.2 Å². The van der Waals surface area contributed by atoms with Crippen LogP contribution in [0.25, 0.3) is 54.6 Å². The van der Waals surface area contributed by atoms with E-state index in [2.05, 4.69) is 75.6 Å². The van der Waals surface area contributed by atoms with Crippen molar-refractivity contribution in [1.82, 2.24) is 15.0 Å². The molecule has 0 amide bonds. The number of benzene rings is 4. The molecule has 0 N–H and O–H groups in total. The number of pyridine rings is 3. The molecule has 7 aromatic rings. The Morgan fingerprint density at radius 3 is 1.71 bits per heavy atom. The van der Waals surface area contributed by atoms with E-state index < -0.39 is 0 Å². The van der Waals surface area contributed by atoms with Gasteiger partial charge in [-0.05, 0) is 29.3 Å². The Morgan fingerprint density at radius 1 is 0.486 bits per heavy atom. The van der Waals surface area contributed by atoms with Crippen molar-refractivity contribution in [2.45, 2.75) is 0 Å². The van der Waals surface area contributed by atoms with E-state index in [0.717, 1.165) is 38.4 Å². The first-order valence-electron chi connectivity index (χ1n) is 11.2. The van der Waals surface area contributed by atoms with Crippen LogP contribution in [0.15, 0.2) is 122 Å². The zero-order chi connectivity index (χ0) is 22.7. The van der Waals surface area contributed by atoms with Crippen molar-refractivity contribution in [3.8, 4) is 11.3 Å². The van der Waals surface area contributed by atoms with Crippen molar-refractivity contribution in [3.05, 3.63) is 128 Å². The number of hydrogen-bond donors (Lipinski definition) is 0. The summed E-state index contributed by atoms with van der Waals surface area (Å²) in [5, 5.41) is 7.08. The first-order valence-corrected chi connectivity index (χ1v) is 11.2. The van der Waals surface area contributed by atoms with Gasteiger partial charge in [0.25, 0.3) is 0 Å². The third kappa shape index (κ3) is 4.56. The summed E-state index contributed by atoms with van der Waals surface area (Å²) in [5.41, 5.74) is 4.06.